The summed E-state index contributed by atoms with van der Waals surface area (Å²) in [6.45, 7) is 1.89. The van der Waals surface area contributed by atoms with Crippen LogP contribution in [0.4, 0.5) is 0 Å². The van der Waals surface area contributed by atoms with Crippen molar-refractivity contribution in [3.63, 3.8) is 0 Å². The zero-order chi connectivity index (χ0) is 19.1. The van der Waals surface area contributed by atoms with Crippen molar-refractivity contribution in [2.24, 2.45) is 0 Å². The highest BCUT2D eigenvalue weighted by Gasteiger charge is 2.18. The Bertz CT molecular complexity index is 1320. The monoisotopic (exact) mass is 383 g/mol. The van der Waals surface area contributed by atoms with Crippen LogP contribution in [0, 0.1) is 0 Å². The largest absolute Gasteiger partial charge is 0.454 e. The third-order valence-corrected chi connectivity index (χ3v) is 5.17. The molecule has 0 bridgehead atoms. The maximum atomic E-state index is 12.3. The molecule has 5 aromatic rings. The number of para-hydroxylation sites is 1. The first kappa shape index (κ1) is 18.7. The Morgan fingerprint density at radius 3 is 2.52 bits per heavy atom. The topological polar surface area (TPSA) is 46.2 Å². The van der Waals surface area contributed by atoms with Gasteiger partial charge in [0.05, 0.1) is 11.1 Å². The lowest BCUT2D eigenvalue weighted by atomic mass is 10.1. The van der Waals surface area contributed by atoms with Crippen molar-refractivity contribution < 1.29 is 13.9 Å². The van der Waals surface area contributed by atoms with E-state index in [1.807, 2.05) is 49.6 Å². The molecule has 1 N–H and O–H groups in total. The van der Waals surface area contributed by atoms with E-state index in [9.17, 15) is 4.79 Å². The van der Waals surface area contributed by atoms with E-state index in [1.165, 1.54) is 10.8 Å². The Balaban J connectivity index is 0.00000205. The molecule has 3 heterocycles. The Morgan fingerprint density at radius 1 is 0.931 bits per heavy atom. The number of carbonyl (C=O) groups excluding carboxylic acids is 1. The first-order chi connectivity index (χ1) is 13.7. The van der Waals surface area contributed by atoms with Crippen molar-refractivity contribution in [2.45, 2.75) is 20.5 Å². The second kappa shape index (κ2) is 7.40. The molecular weight excluding hydrogens is 360 g/mol. The molecule has 0 spiro atoms. The molecule has 0 saturated heterocycles. The number of hydrogen-bond acceptors (Lipinski definition) is 2. The minimum absolute atomic E-state index is 0. The Hall–Kier alpha value is -3.66. The summed E-state index contributed by atoms with van der Waals surface area (Å²) >= 11 is 0. The summed E-state index contributed by atoms with van der Waals surface area (Å²) in [5.41, 5.74) is 4.81. The first-order valence-electron chi connectivity index (χ1n) is 9.31. The molecule has 5 rings (SSSR count). The molecule has 4 heteroatoms. The van der Waals surface area contributed by atoms with E-state index in [1.54, 1.807) is 12.1 Å². The highest BCUT2D eigenvalue weighted by atomic mass is 16.5. The Morgan fingerprint density at radius 2 is 1.69 bits per heavy atom. The fourth-order valence-electron chi connectivity index (χ4n) is 3.68. The van der Waals surface area contributed by atoms with Crippen molar-refractivity contribution in [1.82, 2.24) is 4.98 Å². The number of nitrogens with one attached hydrogen (secondary N) is 1. The maximum absolute atomic E-state index is 12.3. The summed E-state index contributed by atoms with van der Waals surface area (Å²) in [5, 5.41) is 2.42. The fourth-order valence-corrected chi connectivity index (χ4v) is 3.68. The van der Waals surface area contributed by atoms with Crippen LogP contribution in [-0.2, 0) is 4.74 Å². The summed E-state index contributed by atoms with van der Waals surface area (Å²) < 4.78 is 7.72. The standard InChI is InChI=1S/C24H18N2O2.CH4/c1-16(28-24(27)17-7-3-2-4-8-17)18-11-12-22-23-20(13-14-26(22)15-18)19-9-5-6-10-21(19)25-23;/h2-16H,1H3;1H4/p+1. The average molecular weight is 383 g/mol. The Labute approximate surface area is 169 Å². The highest BCUT2D eigenvalue weighted by molar-refractivity contribution is 6.10. The van der Waals surface area contributed by atoms with Crippen molar-refractivity contribution in [1.29, 1.82) is 0 Å². The van der Waals surface area contributed by atoms with Gasteiger partial charge in [-0.3, -0.25) is 0 Å². The molecule has 29 heavy (non-hydrogen) atoms. The number of carbonyl (C=O) groups is 1. The maximum Gasteiger partial charge on any atom is 0.338 e. The van der Waals surface area contributed by atoms with Crippen molar-refractivity contribution in [3.8, 4) is 0 Å². The molecule has 0 radical (unpaired) electrons. The van der Waals surface area contributed by atoms with E-state index in [0.29, 0.717) is 5.56 Å². The summed E-state index contributed by atoms with van der Waals surface area (Å²) in [6.07, 6.45) is 3.72. The molecule has 0 fully saturated rings. The molecule has 0 aliphatic heterocycles. The molecule has 0 amide bonds. The van der Waals surface area contributed by atoms with Crippen molar-refractivity contribution >= 4 is 33.3 Å². The molecule has 1 atom stereocenters. The minimum Gasteiger partial charge on any atom is -0.454 e. The van der Waals surface area contributed by atoms with Crippen molar-refractivity contribution in [2.75, 3.05) is 0 Å². The molecule has 0 aliphatic carbocycles. The van der Waals surface area contributed by atoms with E-state index >= 15 is 0 Å². The fraction of sp³-hybridized carbons (Fsp3) is 0.120. The predicted octanol–water partition coefficient (Wildman–Crippen LogP) is 5.61. The summed E-state index contributed by atoms with van der Waals surface area (Å²) in [6, 6.07) is 23.6. The number of esters is 1. The number of benzene rings is 2. The zero-order valence-corrected chi connectivity index (χ0v) is 15.4. The van der Waals surface area contributed by atoms with Gasteiger partial charge in [0, 0.05) is 28.4 Å². The zero-order valence-electron chi connectivity index (χ0n) is 15.4. The molecule has 3 aromatic heterocycles. The van der Waals surface area contributed by atoms with Gasteiger partial charge in [0.25, 0.3) is 0 Å². The van der Waals surface area contributed by atoms with Crippen LogP contribution in [0.5, 0.6) is 0 Å². The van der Waals surface area contributed by atoms with Crippen LogP contribution >= 0.6 is 0 Å². The lowest BCUT2D eigenvalue weighted by molar-refractivity contribution is -0.511. The van der Waals surface area contributed by atoms with E-state index in [0.717, 1.165) is 22.1 Å². The molecule has 0 aliphatic rings. The Kier molecular flexibility index (Phi) is 4.77. The molecular formula is C25H23N2O2+. The molecule has 0 saturated carbocycles. The third kappa shape index (κ3) is 3.23. The number of fused-ring (bicyclic) bond motifs is 5. The van der Waals surface area contributed by atoms with E-state index in [4.69, 9.17) is 4.74 Å². The van der Waals surface area contributed by atoms with Gasteiger partial charge in [0.15, 0.2) is 12.4 Å². The normalized spacial score (nSPS) is 12.0. The van der Waals surface area contributed by atoms with Gasteiger partial charge in [-0.05, 0) is 31.2 Å². The van der Waals surface area contributed by atoms with Crippen LogP contribution < -0.4 is 4.40 Å². The van der Waals surface area contributed by atoms with Gasteiger partial charge >= 0.3 is 5.97 Å². The third-order valence-electron chi connectivity index (χ3n) is 5.17. The quantitative estimate of drug-likeness (QED) is 0.325. The van der Waals surface area contributed by atoms with Gasteiger partial charge in [-0.2, -0.15) is 4.40 Å². The van der Waals surface area contributed by atoms with Gasteiger partial charge < -0.3 is 9.72 Å². The van der Waals surface area contributed by atoms with Crippen LogP contribution in [0.15, 0.2) is 85.2 Å². The SMILES string of the molecule is C.CC(OC(=O)c1ccccc1)c1ccc2c3[nH]c4ccccc4c3cc[n+]2c1. The van der Waals surface area contributed by atoms with Crippen LogP contribution in [-0.4, -0.2) is 11.0 Å². The van der Waals surface area contributed by atoms with E-state index < -0.39 is 0 Å². The number of nitrogens with zero attached hydrogens (tertiary/aromatic N) is 1. The van der Waals surface area contributed by atoms with Gasteiger partial charge in [-0.15, -0.1) is 0 Å². The number of rotatable bonds is 3. The van der Waals surface area contributed by atoms with Crippen molar-refractivity contribution in [3.05, 3.63) is 96.3 Å². The van der Waals surface area contributed by atoms with E-state index in [-0.39, 0.29) is 19.5 Å². The number of aromatic nitrogens is 2. The highest BCUT2D eigenvalue weighted by Crippen LogP contribution is 2.27. The summed E-state index contributed by atoms with van der Waals surface area (Å²) in [4.78, 5) is 15.8. The van der Waals surface area contributed by atoms with Gasteiger partial charge in [0.2, 0.25) is 5.52 Å². The first-order valence-corrected chi connectivity index (χ1v) is 9.31. The van der Waals surface area contributed by atoms with Gasteiger partial charge in [-0.1, -0.05) is 43.8 Å². The summed E-state index contributed by atoms with van der Waals surface area (Å²) in [5.74, 6) is -0.315. The smallest absolute Gasteiger partial charge is 0.338 e. The van der Waals surface area contributed by atoms with Crippen LogP contribution in [0.1, 0.15) is 36.4 Å². The predicted molar refractivity (Wildman–Crippen MR) is 116 cm³/mol. The molecule has 1 unspecified atom stereocenters. The van der Waals surface area contributed by atoms with E-state index in [2.05, 4.69) is 39.7 Å². The lowest BCUT2D eigenvalue weighted by Gasteiger charge is -2.12. The molecule has 144 valence electrons. The number of ether oxygens (including phenoxy) is 1. The second-order valence-electron chi connectivity index (χ2n) is 6.94. The van der Waals surface area contributed by atoms with Gasteiger partial charge in [-0.25, -0.2) is 4.79 Å². The molecule has 2 aromatic carbocycles. The average Bonchev–Trinajstić information content (AvgIpc) is 3.13. The molecule has 4 nitrogen and oxygen atoms in total. The minimum atomic E-state index is -0.344. The summed E-state index contributed by atoms with van der Waals surface area (Å²) in [7, 11) is 0. The number of aromatic amines is 1. The number of pyridine rings is 2. The lowest BCUT2D eigenvalue weighted by Crippen LogP contribution is -2.23. The van der Waals surface area contributed by atoms with Crippen LogP contribution in [0.3, 0.4) is 0 Å². The van der Waals surface area contributed by atoms with Crippen LogP contribution in [0.25, 0.3) is 27.3 Å². The number of H-pyrrole nitrogens is 1. The number of hydrogen-bond donors (Lipinski definition) is 1. The second-order valence-corrected chi connectivity index (χ2v) is 6.94. The van der Waals surface area contributed by atoms with Gasteiger partial charge in [0.1, 0.15) is 11.6 Å². The van der Waals surface area contributed by atoms with Crippen LogP contribution in [0.2, 0.25) is 0 Å².